The first-order chi connectivity index (χ1) is 7.49. The van der Waals surface area contributed by atoms with Crippen LogP contribution in [0.15, 0.2) is 0 Å². The Bertz CT molecular complexity index is 242. The highest BCUT2D eigenvalue weighted by atomic mass is 16.5. The smallest absolute Gasteiger partial charge is 0.155 e. The van der Waals surface area contributed by atoms with Crippen molar-refractivity contribution in [3.63, 3.8) is 0 Å². The van der Waals surface area contributed by atoms with Crippen LogP contribution in [0.1, 0.15) is 46.0 Å². The van der Waals surface area contributed by atoms with E-state index in [0.717, 1.165) is 25.7 Å². The standard InChI is InChI=1S/C13H25NO2/c1-10-5-4-7-13(14,9-10)12(15)11(2)6-8-16-3/h10-11H,4-9,14H2,1-3H3. The molecule has 1 aliphatic carbocycles. The van der Waals surface area contributed by atoms with Gasteiger partial charge in [0.05, 0.1) is 5.54 Å². The molecule has 0 aromatic rings. The Balaban J connectivity index is 2.56. The molecule has 0 amide bonds. The van der Waals surface area contributed by atoms with Gasteiger partial charge in [-0.25, -0.2) is 0 Å². The van der Waals surface area contributed by atoms with Crippen molar-refractivity contribution in [3.8, 4) is 0 Å². The van der Waals surface area contributed by atoms with Gasteiger partial charge in [-0.3, -0.25) is 4.79 Å². The number of Topliss-reactive ketones (excluding diaryl/α,β-unsaturated/α-hetero) is 1. The maximum absolute atomic E-state index is 12.3. The SMILES string of the molecule is COCCC(C)C(=O)C1(N)CCCC(C)C1. The maximum Gasteiger partial charge on any atom is 0.155 e. The van der Waals surface area contributed by atoms with Crippen molar-refractivity contribution in [2.75, 3.05) is 13.7 Å². The van der Waals surface area contributed by atoms with Crippen LogP contribution in [0.3, 0.4) is 0 Å². The van der Waals surface area contributed by atoms with Gasteiger partial charge in [0.25, 0.3) is 0 Å². The monoisotopic (exact) mass is 227 g/mol. The minimum absolute atomic E-state index is 0.0234. The largest absolute Gasteiger partial charge is 0.385 e. The summed E-state index contributed by atoms with van der Waals surface area (Å²) in [7, 11) is 1.66. The van der Waals surface area contributed by atoms with Crippen LogP contribution in [-0.2, 0) is 9.53 Å². The molecule has 94 valence electrons. The highest BCUT2D eigenvalue weighted by molar-refractivity contribution is 5.90. The van der Waals surface area contributed by atoms with E-state index in [1.165, 1.54) is 6.42 Å². The Kier molecular flexibility index (Phi) is 4.93. The van der Waals surface area contributed by atoms with Gasteiger partial charge < -0.3 is 10.5 Å². The van der Waals surface area contributed by atoms with E-state index in [1.807, 2.05) is 6.92 Å². The number of methoxy groups -OCH3 is 1. The van der Waals surface area contributed by atoms with Crippen LogP contribution in [0.2, 0.25) is 0 Å². The predicted molar refractivity (Wildman–Crippen MR) is 65.2 cm³/mol. The number of ketones is 1. The summed E-state index contributed by atoms with van der Waals surface area (Å²) in [5.74, 6) is 0.837. The Morgan fingerprint density at radius 1 is 1.62 bits per heavy atom. The molecule has 0 aromatic heterocycles. The normalized spacial score (nSPS) is 32.4. The first-order valence-corrected chi connectivity index (χ1v) is 6.31. The van der Waals surface area contributed by atoms with Gasteiger partial charge in [-0.15, -0.1) is 0 Å². The summed E-state index contributed by atoms with van der Waals surface area (Å²) in [6.45, 7) is 4.79. The third-order valence-electron chi connectivity index (χ3n) is 3.73. The highest BCUT2D eigenvalue weighted by Crippen LogP contribution is 2.33. The van der Waals surface area contributed by atoms with Gasteiger partial charge in [0.15, 0.2) is 5.78 Å². The quantitative estimate of drug-likeness (QED) is 0.783. The molecular formula is C13H25NO2. The molecule has 0 aromatic carbocycles. The average Bonchev–Trinajstić information content (AvgIpc) is 2.24. The lowest BCUT2D eigenvalue weighted by Gasteiger charge is -2.37. The fraction of sp³-hybridized carbons (Fsp3) is 0.923. The molecule has 1 fully saturated rings. The molecular weight excluding hydrogens is 202 g/mol. The molecule has 3 unspecified atom stereocenters. The van der Waals surface area contributed by atoms with Crippen molar-refractivity contribution in [3.05, 3.63) is 0 Å². The molecule has 0 spiro atoms. The lowest BCUT2D eigenvalue weighted by atomic mass is 9.71. The minimum atomic E-state index is -0.565. The van der Waals surface area contributed by atoms with Crippen LogP contribution in [0, 0.1) is 11.8 Å². The summed E-state index contributed by atoms with van der Waals surface area (Å²) < 4.78 is 5.01. The van der Waals surface area contributed by atoms with E-state index < -0.39 is 5.54 Å². The Morgan fingerprint density at radius 2 is 2.31 bits per heavy atom. The van der Waals surface area contributed by atoms with Crippen molar-refractivity contribution >= 4 is 5.78 Å². The molecule has 16 heavy (non-hydrogen) atoms. The van der Waals surface area contributed by atoms with Crippen LogP contribution in [0.4, 0.5) is 0 Å². The molecule has 3 atom stereocenters. The van der Waals surface area contributed by atoms with E-state index in [1.54, 1.807) is 7.11 Å². The number of hydrogen-bond acceptors (Lipinski definition) is 3. The van der Waals surface area contributed by atoms with Crippen molar-refractivity contribution in [2.24, 2.45) is 17.6 Å². The predicted octanol–water partition coefficient (Wildman–Crippen LogP) is 2.14. The summed E-state index contributed by atoms with van der Waals surface area (Å²) in [6, 6.07) is 0. The molecule has 1 aliphatic rings. The number of carbonyl (C=O) groups is 1. The second-order valence-electron chi connectivity index (χ2n) is 5.40. The second kappa shape index (κ2) is 5.78. The molecule has 3 heteroatoms. The summed E-state index contributed by atoms with van der Waals surface area (Å²) in [5.41, 5.74) is 5.71. The van der Waals surface area contributed by atoms with E-state index in [0.29, 0.717) is 12.5 Å². The zero-order valence-electron chi connectivity index (χ0n) is 10.8. The number of nitrogens with two attached hydrogens (primary N) is 1. The van der Waals surface area contributed by atoms with E-state index in [-0.39, 0.29) is 11.7 Å². The third kappa shape index (κ3) is 3.29. The van der Waals surface area contributed by atoms with Crippen LogP contribution >= 0.6 is 0 Å². The first-order valence-electron chi connectivity index (χ1n) is 6.31. The lowest BCUT2D eigenvalue weighted by molar-refractivity contribution is -0.129. The van der Waals surface area contributed by atoms with Crippen molar-refractivity contribution in [2.45, 2.75) is 51.5 Å². The number of rotatable bonds is 5. The van der Waals surface area contributed by atoms with Crippen LogP contribution in [0.5, 0.6) is 0 Å². The molecule has 2 N–H and O–H groups in total. The van der Waals surface area contributed by atoms with Crippen molar-refractivity contribution < 1.29 is 9.53 Å². The van der Waals surface area contributed by atoms with Crippen LogP contribution < -0.4 is 5.73 Å². The summed E-state index contributed by atoms with van der Waals surface area (Å²) >= 11 is 0. The molecule has 0 bridgehead atoms. The summed E-state index contributed by atoms with van der Waals surface area (Å²) in [6.07, 6.45) is 4.78. The molecule has 0 aliphatic heterocycles. The summed E-state index contributed by atoms with van der Waals surface area (Å²) in [4.78, 5) is 12.3. The zero-order chi connectivity index (χ0) is 12.2. The van der Waals surface area contributed by atoms with E-state index in [9.17, 15) is 4.79 Å². The van der Waals surface area contributed by atoms with Crippen LogP contribution in [0.25, 0.3) is 0 Å². The molecule has 1 saturated carbocycles. The fourth-order valence-corrected chi connectivity index (χ4v) is 2.73. The molecule has 0 radical (unpaired) electrons. The van der Waals surface area contributed by atoms with Gasteiger partial charge >= 0.3 is 0 Å². The van der Waals surface area contributed by atoms with E-state index in [4.69, 9.17) is 10.5 Å². The van der Waals surface area contributed by atoms with Gasteiger partial charge in [0.2, 0.25) is 0 Å². The van der Waals surface area contributed by atoms with Crippen LogP contribution in [-0.4, -0.2) is 25.0 Å². The second-order valence-corrected chi connectivity index (χ2v) is 5.40. The number of carbonyl (C=O) groups excluding carboxylic acids is 1. The Hall–Kier alpha value is -0.410. The van der Waals surface area contributed by atoms with E-state index >= 15 is 0 Å². The highest BCUT2D eigenvalue weighted by Gasteiger charge is 2.39. The topological polar surface area (TPSA) is 52.3 Å². The fourth-order valence-electron chi connectivity index (χ4n) is 2.73. The van der Waals surface area contributed by atoms with Gasteiger partial charge in [-0.2, -0.15) is 0 Å². The zero-order valence-corrected chi connectivity index (χ0v) is 10.8. The third-order valence-corrected chi connectivity index (χ3v) is 3.73. The van der Waals surface area contributed by atoms with Gasteiger partial charge in [0.1, 0.15) is 0 Å². The van der Waals surface area contributed by atoms with E-state index in [2.05, 4.69) is 6.92 Å². The first kappa shape index (κ1) is 13.7. The molecule has 0 heterocycles. The molecule has 1 rings (SSSR count). The van der Waals surface area contributed by atoms with Gasteiger partial charge in [-0.05, 0) is 25.2 Å². The van der Waals surface area contributed by atoms with Crippen molar-refractivity contribution in [1.29, 1.82) is 0 Å². The summed E-state index contributed by atoms with van der Waals surface area (Å²) in [5, 5.41) is 0. The average molecular weight is 227 g/mol. The van der Waals surface area contributed by atoms with Gasteiger partial charge in [-0.1, -0.05) is 26.7 Å². The van der Waals surface area contributed by atoms with Gasteiger partial charge in [0, 0.05) is 19.6 Å². The Labute approximate surface area is 98.7 Å². The molecule has 3 nitrogen and oxygen atoms in total. The minimum Gasteiger partial charge on any atom is -0.385 e. The Morgan fingerprint density at radius 3 is 2.88 bits per heavy atom. The molecule has 0 saturated heterocycles. The lowest BCUT2D eigenvalue weighted by Crippen LogP contribution is -2.53. The maximum atomic E-state index is 12.3. The number of hydrogen-bond donors (Lipinski definition) is 1. The number of ether oxygens (including phenoxy) is 1. The van der Waals surface area contributed by atoms with Crippen molar-refractivity contribution in [1.82, 2.24) is 0 Å².